The van der Waals surface area contributed by atoms with Gasteiger partial charge in [-0.25, -0.2) is 9.37 Å². The van der Waals surface area contributed by atoms with Crippen molar-refractivity contribution in [3.63, 3.8) is 0 Å². The number of halogens is 1. The van der Waals surface area contributed by atoms with Crippen LogP contribution in [0.4, 0.5) is 16.0 Å². The van der Waals surface area contributed by atoms with Crippen LogP contribution >= 0.6 is 0 Å². The molecule has 0 fully saturated rings. The molecule has 6 nitrogen and oxygen atoms in total. The molecule has 0 atom stereocenters. The molecule has 2 aromatic heterocycles. The lowest BCUT2D eigenvalue weighted by Crippen LogP contribution is -2.09. The van der Waals surface area contributed by atoms with Gasteiger partial charge in [-0.15, -0.1) is 0 Å². The number of fused-ring (bicyclic) bond motifs is 1. The Hall–Kier alpha value is -3.58. The first-order chi connectivity index (χ1) is 14.5. The van der Waals surface area contributed by atoms with E-state index in [1.165, 1.54) is 18.2 Å². The first-order valence-electron chi connectivity index (χ1n) is 9.75. The number of pyridine rings is 1. The molecule has 0 aliphatic heterocycles. The molecular weight excluding hydrogens is 383 g/mol. The number of phenolic OH excluding ortho intramolecular Hbond substituents is 1. The maximum Gasteiger partial charge on any atom is 0.125 e. The Morgan fingerprint density at radius 1 is 1.07 bits per heavy atom. The molecule has 7 heteroatoms. The minimum atomic E-state index is -0.465. The van der Waals surface area contributed by atoms with Crippen molar-refractivity contribution in [3.8, 4) is 28.1 Å². The van der Waals surface area contributed by atoms with Crippen LogP contribution in [0.1, 0.15) is 6.92 Å². The van der Waals surface area contributed by atoms with Crippen molar-refractivity contribution in [2.24, 2.45) is 0 Å². The molecule has 2 heterocycles. The lowest BCUT2D eigenvalue weighted by atomic mass is 9.97. The summed E-state index contributed by atoms with van der Waals surface area (Å²) >= 11 is 0. The topological polar surface area (TPSA) is 96.3 Å². The SMILES string of the molecule is CCn1c(NCCO)cc2cc(-c3ccc(N)nc3-c3cc(F)ccc3O)ccc21. The monoisotopic (exact) mass is 406 g/mol. The van der Waals surface area contributed by atoms with Crippen LogP contribution in [-0.2, 0) is 6.54 Å². The van der Waals surface area contributed by atoms with E-state index in [2.05, 4.69) is 21.8 Å². The number of nitrogen functional groups attached to an aromatic ring is 1. The van der Waals surface area contributed by atoms with Crippen LogP contribution in [0.5, 0.6) is 5.75 Å². The predicted octanol–water partition coefficient (Wildman–Crippen LogP) is 4.22. The first-order valence-corrected chi connectivity index (χ1v) is 9.75. The Labute approximate surface area is 173 Å². The van der Waals surface area contributed by atoms with Crippen LogP contribution in [0.3, 0.4) is 0 Å². The average Bonchev–Trinajstić information content (AvgIpc) is 3.10. The summed E-state index contributed by atoms with van der Waals surface area (Å²) < 4.78 is 16.0. The third-order valence-corrected chi connectivity index (χ3v) is 5.08. The highest BCUT2D eigenvalue weighted by Crippen LogP contribution is 2.38. The number of nitrogens with zero attached hydrogens (tertiary/aromatic N) is 2. The van der Waals surface area contributed by atoms with Crippen LogP contribution in [0.2, 0.25) is 0 Å². The Bertz CT molecular complexity index is 1220. The normalized spacial score (nSPS) is 11.2. The summed E-state index contributed by atoms with van der Waals surface area (Å²) in [5.41, 5.74) is 9.26. The number of aryl methyl sites for hydroxylation is 1. The van der Waals surface area contributed by atoms with E-state index in [4.69, 9.17) is 10.8 Å². The van der Waals surface area contributed by atoms with Crippen LogP contribution < -0.4 is 11.1 Å². The maximum absolute atomic E-state index is 13.9. The molecule has 154 valence electrons. The summed E-state index contributed by atoms with van der Waals surface area (Å²) in [5, 5.41) is 23.7. The number of aromatic hydroxyl groups is 1. The molecule has 0 unspecified atom stereocenters. The van der Waals surface area contributed by atoms with E-state index in [1.54, 1.807) is 6.07 Å². The van der Waals surface area contributed by atoms with Gasteiger partial charge < -0.3 is 25.8 Å². The quantitative estimate of drug-likeness (QED) is 0.384. The molecule has 5 N–H and O–H groups in total. The van der Waals surface area contributed by atoms with Gasteiger partial charge in [0.15, 0.2) is 0 Å². The third-order valence-electron chi connectivity index (χ3n) is 5.08. The summed E-state index contributed by atoms with van der Waals surface area (Å²) in [6, 6.07) is 15.3. The molecule has 0 amide bonds. The van der Waals surface area contributed by atoms with Gasteiger partial charge in [0.2, 0.25) is 0 Å². The summed E-state index contributed by atoms with van der Waals surface area (Å²) in [6.45, 7) is 3.36. The second-order valence-corrected chi connectivity index (χ2v) is 6.99. The second kappa shape index (κ2) is 8.04. The largest absolute Gasteiger partial charge is 0.507 e. The summed E-state index contributed by atoms with van der Waals surface area (Å²) in [7, 11) is 0. The number of nitrogens with one attached hydrogen (secondary N) is 1. The minimum Gasteiger partial charge on any atom is -0.507 e. The second-order valence-electron chi connectivity index (χ2n) is 6.99. The number of rotatable bonds is 6. The fourth-order valence-electron chi connectivity index (χ4n) is 3.72. The van der Waals surface area contributed by atoms with Crippen LogP contribution in [0.15, 0.2) is 54.6 Å². The molecule has 0 spiro atoms. The summed E-state index contributed by atoms with van der Waals surface area (Å²) in [4.78, 5) is 4.39. The molecule has 30 heavy (non-hydrogen) atoms. The van der Waals surface area contributed by atoms with Gasteiger partial charge in [-0.2, -0.15) is 0 Å². The van der Waals surface area contributed by atoms with E-state index < -0.39 is 5.82 Å². The predicted molar refractivity (Wildman–Crippen MR) is 118 cm³/mol. The highest BCUT2D eigenvalue weighted by Gasteiger charge is 2.16. The number of aliphatic hydroxyl groups excluding tert-OH is 1. The Morgan fingerprint density at radius 3 is 2.67 bits per heavy atom. The van der Waals surface area contributed by atoms with E-state index in [9.17, 15) is 9.50 Å². The van der Waals surface area contributed by atoms with Gasteiger partial charge in [-0.1, -0.05) is 6.07 Å². The van der Waals surface area contributed by atoms with Crippen molar-refractivity contribution < 1.29 is 14.6 Å². The van der Waals surface area contributed by atoms with Gasteiger partial charge in [0, 0.05) is 35.1 Å². The first kappa shape index (κ1) is 19.7. The number of hydrogen-bond donors (Lipinski definition) is 4. The van der Waals surface area contributed by atoms with Crippen molar-refractivity contribution in [2.45, 2.75) is 13.5 Å². The zero-order chi connectivity index (χ0) is 21.3. The summed E-state index contributed by atoms with van der Waals surface area (Å²) in [6.07, 6.45) is 0. The number of hydrogen-bond acceptors (Lipinski definition) is 5. The Kier molecular flexibility index (Phi) is 5.29. The minimum absolute atomic E-state index is 0.0497. The molecule has 0 aliphatic rings. The molecule has 4 aromatic rings. The highest BCUT2D eigenvalue weighted by atomic mass is 19.1. The molecule has 0 bridgehead atoms. The van der Waals surface area contributed by atoms with Gasteiger partial charge in [-0.05, 0) is 61.0 Å². The van der Waals surface area contributed by atoms with E-state index in [1.807, 2.05) is 30.3 Å². The molecule has 0 saturated carbocycles. The van der Waals surface area contributed by atoms with Crippen molar-refractivity contribution in [1.29, 1.82) is 0 Å². The average molecular weight is 406 g/mol. The number of nitrogens with two attached hydrogens (primary N) is 1. The zero-order valence-electron chi connectivity index (χ0n) is 16.6. The molecule has 0 saturated heterocycles. The van der Waals surface area contributed by atoms with Crippen molar-refractivity contribution in [3.05, 3.63) is 60.4 Å². The molecule has 4 rings (SSSR count). The Balaban J connectivity index is 1.87. The maximum atomic E-state index is 13.9. The van der Waals surface area contributed by atoms with Crippen molar-refractivity contribution in [1.82, 2.24) is 9.55 Å². The van der Waals surface area contributed by atoms with Crippen molar-refractivity contribution in [2.75, 3.05) is 24.2 Å². The van der Waals surface area contributed by atoms with Crippen LogP contribution in [0, 0.1) is 5.82 Å². The van der Waals surface area contributed by atoms with Crippen LogP contribution in [-0.4, -0.2) is 32.9 Å². The number of aliphatic hydroxyl groups is 1. The fourth-order valence-corrected chi connectivity index (χ4v) is 3.72. The molecule has 2 aromatic carbocycles. The number of anilines is 2. The zero-order valence-corrected chi connectivity index (χ0v) is 16.6. The smallest absolute Gasteiger partial charge is 0.125 e. The van der Waals surface area contributed by atoms with E-state index in [-0.39, 0.29) is 23.7 Å². The third kappa shape index (κ3) is 3.55. The number of aromatic nitrogens is 2. The van der Waals surface area contributed by atoms with Crippen molar-refractivity contribution >= 4 is 22.5 Å². The van der Waals surface area contributed by atoms with E-state index in [0.717, 1.165) is 34.4 Å². The Morgan fingerprint density at radius 2 is 1.90 bits per heavy atom. The van der Waals surface area contributed by atoms with Crippen LogP contribution in [0.25, 0.3) is 33.3 Å². The van der Waals surface area contributed by atoms with Gasteiger partial charge in [0.1, 0.15) is 23.2 Å². The standard InChI is InChI=1S/C23H23FN4O2/c1-2-28-19-6-3-14(11-15(19)12-22(28)26-9-10-29)17-5-8-21(25)27-23(17)18-13-16(24)4-7-20(18)30/h3-8,11-13,26,29-30H,2,9-10H2,1H3,(H2,25,27). The van der Waals surface area contributed by atoms with Gasteiger partial charge >= 0.3 is 0 Å². The lowest BCUT2D eigenvalue weighted by Gasteiger charge is -2.12. The lowest BCUT2D eigenvalue weighted by molar-refractivity contribution is 0.311. The molecular formula is C23H23FN4O2. The van der Waals surface area contributed by atoms with Gasteiger partial charge in [0.05, 0.1) is 12.3 Å². The van der Waals surface area contributed by atoms with Gasteiger partial charge in [0.25, 0.3) is 0 Å². The number of phenols is 1. The van der Waals surface area contributed by atoms with Gasteiger partial charge in [-0.3, -0.25) is 0 Å². The van der Waals surface area contributed by atoms with E-state index >= 15 is 0 Å². The highest BCUT2D eigenvalue weighted by molar-refractivity contribution is 5.92. The number of benzene rings is 2. The molecule has 0 radical (unpaired) electrons. The van der Waals surface area contributed by atoms with E-state index in [0.29, 0.717) is 12.2 Å². The molecule has 0 aliphatic carbocycles. The summed E-state index contributed by atoms with van der Waals surface area (Å²) in [5.74, 6) is 0.681. The fraction of sp³-hybridized carbons (Fsp3) is 0.174.